The van der Waals surface area contributed by atoms with Crippen molar-refractivity contribution in [1.82, 2.24) is 14.5 Å². The highest BCUT2D eigenvalue weighted by molar-refractivity contribution is 7.10. The molecule has 0 saturated carbocycles. The maximum absolute atomic E-state index is 13.1. The lowest BCUT2D eigenvalue weighted by molar-refractivity contribution is -0.132. The van der Waals surface area contributed by atoms with Crippen molar-refractivity contribution in [1.29, 1.82) is 0 Å². The van der Waals surface area contributed by atoms with E-state index in [9.17, 15) is 4.79 Å². The summed E-state index contributed by atoms with van der Waals surface area (Å²) >= 11 is 1.75. The SMILES string of the molecule is O=C(CCc1nc2ccccc2n1-c1ccccc1)N1CCCC1c1cccs1. The van der Waals surface area contributed by atoms with E-state index in [1.165, 1.54) is 4.88 Å². The van der Waals surface area contributed by atoms with Crippen LogP contribution in [0.5, 0.6) is 0 Å². The van der Waals surface area contributed by atoms with Crippen LogP contribution >= 0.6 is 11.3 Å². The van der Waals surface area contributed by atoms with Gasteiger partial charge in [-0.25, -0.2) is 4.98 Å². The number of likely N-dealkylation sites (tertiary alicyclic amines) is 1. The summed E-state index contributed by atoms with van der Waals surface area (Å²) in [7, 11) is 0. The molecule has 0 N–H and O–H groups in total. The van der Waals surface area contributed by atoms with Gasteiger partial charge in [-0.2, -0.15) is 0 Å². The number of carbonyl (C=O) groups is 1. The van der Waals surface area contributed by atoms with Crippen LogP contribution in [-0.2, 0) is 11.2 Å². The molecule has 1 aliphatic rings. The number of aromatic nitrogens is 2. The third kappa shape index (κ3) is 3.47. The zero-order valence-electron chi connectivity index (χ0n) is 16.2. The Balaban J connectivity index is 1.40. The minimum atomic E-state index is 0.229. The molecule has 4 aromatic rings. The summed E-state index contributed by atoms with van der Waals surface area (Å²) in [6.45, 7) is 0.858. The first-order valence-electron chi connectivity index (χ1n) is 10.2. The molecule has 29 heavy (non-hydrogen) atoms. The van der Waals surface area contributed by atoms with Crippen LogP contribution in [-0.4, -0.2) is 26.9 Å². The summed E-state index contributed by atoms with van der Waals surface area (Å²) in [6, 6.07) is 22.9. The number of aryl methyl sites for hydroxylation is 1. The predicted octanol–water partition coefficient (Wildman–Crippen LogP) is 5.38. The Kier molecular flexibility index (Phi) is 4.90. The van der Waals surface area contributed by atoms with E-state index in [0.29, 0.717) is 12.8 Å². The highest BCUT2D eigenvalue weighted by Gasteiger charge is 2.30. The molecule has 1 saturated heterocycles. The summed E-state index contributed by atoms with van der Waals surface area (Å²) in [4.78, 5) is 21.3. The second kappa shape index (κ2) is 7.84. The van der Waals surface area contributed by atoms with Crippen molar-refractivity contribution in [3.63, 3.8) is 0 Å². The van der Waals surface area contributed by atoms with Gasteiger partial charge in [-0.1, -0.05) is 36.4 Å². The van der Waals surface area contributed by atoms with Crippen LogP contribution in [0.15, 0.2) is 72.1 Å². The van der Waals surface area contributed by atoms with E-state index in [4.69, 9.17) is 4.98 Å². The Morgan fingerprint density at radius 2 is 1.86 bits per heavy atom. The van der Waals surface area contributed by atoms with Crippen molar-refractivity contribution < 1.29 is 4.79 Å². The summed E-state index contributed by atoms with van der Waals surface area (Å²) < 4.78 is 2.18. The molecular weight excluding hydrogens is 378 g/mol. The third-order valence-electron chi connectivity index (χ3n) is 5.65. The molecular formula is C24H23N3OS. The van der Waals surface area contributed by atoms with E-state index in [1.54, 1.807) is 11.3 Å². The van der Waals surface area contributed by atoms with Crippen molar-refractivity contribution in [3.8, 4) is 5.69 Å². The van der Waals surface area contributed by atoms with Gasteiger partial charge in [0.2, 0.25) is 5.91 Å². The second-order valence-electron chi connectivity index (χ2n) is 7.45. The topological polar surface area (TPSA) is 38.1 Å². The molecule has 2 aromatic heterocycles. The Morgan fingerprint density at radius 3 is 2.69 bits per heavy atom. The van der Waals surface area contributed by atoms with Crippen molar-refractivity contribution in [2.75, 3.05) is 6.54 Å². The first-order valence-corrected chi connectivity index (χ1v) is 11.0. The second-order valence-corrected chi connectivity index (χ2v) is 8.43. The number of thiophene rings is 1. The lowest BCUT2D eigenvalue weighted by Crippen LogP contribution is -2.30. The Labute approximate surface area is 174 Å². The fourth-order valence-electron chi connectivity index (χ4n) is 4.31. The molecule has 146 valence electrons. The summed E-state index contributed by atoms with van der Waals surface area (Å²) in [5.74, 6) is 1.17. The van der Waals surface area contributed by atoms with Gasteiger partial charge < -0.3 is 4.90 Å². The van der Waals surface area contributed by atoms with Crippen molar-refractivity contribution >= 4 is 28.3 Å². The number of fused-ring (bicyclic) bond motifs is 1. The van der Waals surface area contributed by atoms with Gasteiger partial charge in [-0.3, -0.25) is 9.36 Å². The number of rotatable bonds is 5. The minimum Gasteiger partial charge on any atom is -0.335 e. The average molecular weight is 402 g/mol. The van der Waals surface area contributed by atoms with Gasteiger partial charge >= 0.3 is 0 Å². The molecule has 5 heteroatoms. The largest absolute Gasteiger partial charge is 0.335 e. The predicted molar refractivity (Wildman–Crippen MR) is 117 cm³/mol. The molecule has 0 spiro atoms. The molecule has 1 amide bonds. The van der Waals surface area contributed by atoms with E-state index >= 15 is 0 Å². The van der Waals surface area contributed by atoms with Crippen LogP contribution in [0, 0.1) is 0 Å². The van der Waals surface area contributed by atoms with Gasteiger partial charge in [0.05, 0.1) is 17.1 Å². The Bertz CT molecular complexity index is 1120. The van der Waals surface area contributed by atoms with E-state index in [-0.39, 0.29) is 11.9 Å². The van der Waals surface area contributed by atoms with Crippen LogP contribution in [0.3, 0.4) is 0 Å². The molecule has 0 aliphatic carbocycles. The smallest absolute Gasteiger partial charge is 0.223 e. The number of imidazole rings is 1. The van der Waals surface area contributed by atoms with Gasteiger partial charge in [0, 0.05) is 30.0 Å². The minimum absolute atomic E-state index is 0.229. The molecule has 0 bridgehead atoms. The Morgan fingerprint density at radius 1 is 1.03 bits per heavy atom. The lowest BCUT2D eigenvalue weighted by Gasteiger charge is -2.24. The van der Waals surface area contributed by atoms with E-state index < -0.39 is 0 Å². The summed E-state index contributed by atoms with van der Waals surface area (Å²) in [6.07, 6.45) is 3.26. The van der Waals surface area contributed by atoms with Crippen LogP contribution < -0.4 is 0 Å². The molecule has 1 fully saturated rings. The summed E-state index contributed by atoms with van der Waals surface area (Å²) in [5.41, 5.74) is 3.14. The molecule has 1 unspecified atom stereocenters. The fraction of sp³-hybridized carbons (Fsp3) is 0.250. The highest BCUT2D eigenvalue weighted by Crippen LogP contribution is 2.35. The molecule has 4 nitrogen and oxygen atoms in total. The van der Waals surface area contributed by atoms with E-state index in [0.717, 1.165) is 41.9 Å². The number of hydrogen-bond donors (Lipinski definition) is 0. The maximum atomic E-state index is 13.1. The maximum Gasteiger partial charge on any atom is 0.223 e. The zero-order chi connectivity index (χ0) is 19.6. The first kappa shape index (κ1) is 18.1. The Hall–Kier alpha value is -2.92. The first-order chi connectivity index (χ1) is 14.3. The molecule has 5 rings (SSSR count). The highest BCUT2D eigenvalue weighted by atomic mass is 32.1. The average Bonchev–Trinajstić information content (AvgIpc) is 3.51. The number of para-hydroxylation sites is 3. The fourth-order valence-corrected chi connectivity index (χ4v) is 5.19. The van der Waals surface area contributed by atoms with Crippen molar-refractivity contribution in [3.05, 3.63) is 82.8 Å². The molecule has 1 atom stereocenters. The lowest BCUT2D eigenvalue weighted by atomic mass is 10.1. The molecule has 0 radical (unpaired) electrons. The van der Waals surface area contributed by atoms with Gasteiger partial charge in [0.1, 0.15) is 5.82 Å². The number of carbonyl (C=O) groups excluding carboxylic acids is 1. The number of amides is 1. The van der Waals surface area contributed by atoms with Crippen molar-refractivity contribution in [2.45, 2.75) is 31.7 Å². The number of nitrogens with zero attached hydrogens (tertiary/aromatic N) is 3. The van der Waals surface area contributed by atoms with E-state index in [1.807, 2.05) is 36.4 Å². The monoisotopic (exact) mass is 401 g/mol. The zero-order valence-corrected chi connectivity index (χ0v) is 17.0. The summed E-state index contributed by atoms with van der Waals surface area (Å²) in [5, 5.41) is 2.10. The van der Waals surface area contributed by atoms with Crippen molar-refractivity contribution in [2.24, 2.45) is 0 Å². The molecule has 2 aromatic carbocycles. The molecule has 3 heterocycles. The molecule has 1 aliphatic heterocycles. The van der Waals surface area contributed by atoms with Gasteiger partial charge in [-0.05, 0) is 48.6 Å². The normalized spacial score (nSPS) is 16.6. The standard InChI is InChI=1S/C24H23N3OS/c28-24(26-16-6-12-21(26)22-13-7-17-29-22)15-14-23-25-19-10-4-5-11-20(19)27(23)18-8-2-1-3-9-18/h1-5,7-11,13,17,21H,6,12,14-16H2. The quantitative estimate of drug-likeness (QED) is 0.450. The van der Waals surface area contributed by atoms with Crippen LogP contribution in [0.2, 0.25) is 0 Å². The number of benzene rings is 2. The van der Waals surface area contributed by atoms with Gasteiger partial charge in [0.25, 0.3) is 0 Å². The van der Waals surface area contributed by atoms with E-state index in [2.05, 4.69) is 45.2 Å². The third-order valence-corrected chi connectivity index (χ3v) is 6.63. The van der Waals surface area contributed by atoms with Crippen LogP contribution in [0.1, 0.15) is 36.0 Å². The number of hydrogen-bond acceptors (Lipinski definition) is 3. The van der Waals surface area contributed by atoms with Gasteiger partial charge in [-0.15, -0.1) is 11.3 Å². The van der Waals surface area contributed by atoms with Gasteiger partial charge in [0.15, 0.2) is 0 Å². The van der Waals surface area contributed by atoms with Crippen LogP contribution in [0.4, 0.5) is 0 Å². The van der Waals surface area contributed by atoms with Crippen LogP contribution in [0.25, 0.3) is 16.7 Å².